The maximum Gasteiger partial charge on any atom is 0.164 e. The van der Waals surface area contributed by atoms with Crippen molar-refractivity contribution in [3.63, 3.8) is 0 Å². The maximum atomic E-state index is 12.8. The van der Waals surface area contributed by atoms with E-state index in [0.717, 1.165) is 0 Å². The van der Waals surface area contributed by atoms with Gasteiger partial charge in [0.05, 0.1) is 6.42 Å². The summed E-state index contributed by atoms with van der Waals surface area (Å²) in [5, 5.41) is -0.180. The van der Waals surface area contributed by atoms with Crippen LogP contribution in [-0.2, 0) is 4.79 Å². The Kier molecular flexibility index (Phi) is 3.41. The zero-order valence-corrected chi connectivity index (χ0v) is 7.31. The fraction of sp³-hybridized carbons (Fsp3) is 0.111. The van der Waals surface area contributed by atoms with Gasteiger partial charge in [0.2, 0.25) is 0 Å². The third kappa shape index (κ3) is 2.85. The molecule has 0 unspecified atom stereocenters. The number of rotatable bonds is 1. The lowest BCUT2D eigenvalue weighted by atomic mass is 10.3. The van der Waals surface area contributed by atoms with Gasteiger partial charge < -0.3 is 4.79 Å². The van der Waals surface area contributed by atoms with Crippen LogP contribution < -0.4 is 0 Å². The number of hydrogen-bond acceptors (Lipinski definition) is 2. The minimum atomic E-state index is -0.612. The van der Waals surface area contributed by atoms with E-state index in [1.54, 1.807) is 0 Å². The zero-order valence-electron chi connectivity index (χ0n) is 6.55. The van der Waals surface area contributed by atoms with E-state index in [9.17, 15) is 9.18 Å². The second-order valence-corrected chi connectivity index (χ2v) is 2.53. The lowest BCUT2D eigenvalue weighted by molar-refractivity contribution is -0.107. The molecule has 1 aromatic heterocycles. The first kappa shape index (κ1) is 9.69. The molecule has 0 atom stereocenters. The van der Waals surface area contributed by atoms with Crippen molar-refractivity contribution in [2.24, 2.45) is 0 Å². The van der Waals surface area contributed by atoms with Crippen molar-refractivity contribution in [2.45, 2.75) is 6.42 Å². The highest BCUT2D eigenvalue weighted by Gasteiger charge is 1.99. The highest BCUT2D eigenvalue weighted by molar-refractivity contribution is 6.29. The lowest BCUT2D eigenvalue weighted by Crippen LogP contribution is -1.84. The average molecular weight is 198 g/mol. The number of pyridine rings is 1. The summed E-state index contributed by atoms with van der Waals surface area (Å²) in [7, 11) is 0. The molecule has 2 nitrogen and oxygen atoms in total. The van der Waals surface area contributed by atoms with Crippen LogP contribution in [0.1, 0.15) is 12.0 Å². The van der Waals surface area contributed by atoms with Crippen LogP contribution in [0.3, 0.4) is 0 Å². The average Bonchev–Trinajstić information content (AvgIpc) is 2.12. The van der Waals surface area contributed by atoms with Gasteiger partial charge in [-0.1, -0.05) is 23.4 Å². The Hall–Kier alpha value is -1.40. The number of carbonyl (C=O) groups excluding carboxylic acids is 1. The highest BCUT2D eigenvalue weighted by Crippen LogP contribution is 2.10. The maximum absolute atomic E-state index is 12.8. The number of halogens is 2. The van der Waals surface area contributed by atoms with Crippen molar-refractivity contribution in [3.8, 4) is 11.8 Å². The van der Waals surface area contributed by atoms with Crippen LogP contribution in [-0.4, -0.2) is 11.3 Å². The summed E-state index contributed by atoms with van der Waals surface area (Å²) in [5.41, 5.74) is 0.406. The van der Waals surface area contributed by atoms with Crippen LogP contribution in [0.15, 0.2) is 12.3 Å². The van der Waals surface area contributed by atoms with Crippen LogP contribution in [0.25, 0.3) is 0 Å². The van der Waals surface area contributed by atoms with Crippen LogP contribution in [0.5, 0.6) is 0 Å². The second-order valence-electron chi connectivity index (χ2n) is 2.17. The molecule has 1 aromatic rings. The molecule has 0 saturated carbocycles. The monoisotopic (exact) mass is 197 g/mol. The summed E-state index contributed by atoms with van der Waals surface area (Å²) in [6.07, 6.45) is 2.15. The van der Waals surface area contributed by atoms with Gasteiger partial charge in [0, 0.05) is 11.8 Å². The molecule has 4 heteroatoms. The molecule has 0 bridgehead atoms. The van der Waals surface area contributed by atoms with Crippen LogP contribution >= 0.6 is 11.6 Å². The number of nitrogens with zero attached hydrogens (tertiary/aromatic N) is 1. The Morgan fingerprint density at radius 2 is 2.46 bits per heavy atom. The number of aromatic nitrogens is 1. The number of aldehydes is 1. The minimum absolute atomic E-state index is 0.129. The normalized spacial score (nSPS) is 8.77. The molecule has 0 radical (unpaired) electrons. The van der Waals surface area contributed by atoms with Crippen molar-refractivity contribution < 1.29 is 9.18 Å². The van der Waals surface area contributed by atoms with E-state index in [-0.39, 0.29) is 11.6 Å². The summed E-state index contributed by atoms with van der Waals surface area (Å²) < 4.78 is 12.8. The molecule has 0 aliphatic carbocycles. The van der Waals surface area contributed by atoms with Crippen LogP contribution in [0.2, 0.25) is 5.15 Å². The Bertz CT molecular complexity index is 381. The molecule has 1 rings (SSSR count). The molecule has 0 fully saturated rings. The van der Waals surface area contributed by atoms with Crippen LogP contribution in [0.4, 0.5) is 4.39 Å². The zero-order chi connectivity index (χ0) is 9.68. The summed E-state index contributed by atoms with van der Waals surface area (Å²) in [6.45, 7) is 0. The van der Waals surface area contributed by atoms with Crippen molar-refractivity contribution >= 4 is 17.9 Å². The third-order valence-electron chi connectivity index (χ3n) is 1.21. The summed E-state index contributed by atoms with van der Waals surface area (Å²) in [6, 6.07) is 1.17. The predicted octanol–water partition coefficient (Wildman–Crippen LogP) is 1.81. The lowest BCUT2D eigenvalue weighted by Gasteiger charge is -1.92. The van der Waals surface area contributed by atoms with Crippen molar-refractivity contribution in [1.29, 1.82) is 0 Å². The van der Waals surface area contributed by atoms with Crippen molar-refractivity contribution in [2.75, 3.05) is 0 Å². The van der Waals surface area contributed by atoms with E-state index in [1.165, 1.54) is 12.3 Å². The number of carbonyl (C=O) groups is 1. The first-order valence-electron chi connectivity index (χ1n) is 3.47. The van der Waals surface area contributed by atoms with Gasteiger partial charge in [0.15, 0.2) is 11.0 Å². The molecule has 0 aliphatic heterocycles. The van der Waals surface area contributed by atoms with Gasteiger partial charge in [-0.15, -0.1) is 0 Å². The number of hydrogen-bond donors (Lipinski definition) is 0. The Morgan fingerprint density at radius 3 is 3.08 bits per heavy atom. The molecule has 0 amide bonds. The van der Waals surface area contributed by atoms with Gasteiger partial charge in [0.1, 0.15) is 6.29 Å². The molecular formula is C9H5ClFNO. The van der Waals surface area contributed by atoms with Crippen molar-refractivity contribution in [3.05, 3.63) is 28.8 Å². The molecule has 0 saturated heterocycles. The van der Waals surface area contributed by atoms with Gasteiger partial charge >= 0.3 is 0 Å². The largest absolute Gasteiger partial charge is 0.302 e. The smallest absolute Gasteiger partial charge is 0.164 e. The molecular weight excluding hydrogens is 193 g/mol. The first-order valence-corrected chi connectivity index (χ1v) is 3.85. The van der Waals surface area contributed by atoms with E-state index < -0.39 is 5.82 Å². The molecule has 1 heterocycles. The SMILES string of the molecule is O=CCC#Cc1cnc(Cl)c(F)c1. The summed E-state index contributed by atoms with van der Waals surface area (Å²) >= 11 is 5.35. The topological polar surface area (TPSA) is 30.0 Å². The van der Waals surface area contributed by atoms with Crippen LogP contribution in [0, 0.1) is 17.7 Å². The predicted molar refractivity (Wildman–Crippen MR) is 46.8 cm³/mol. The van der Waals surface area contributed by atoms with E-state index in [4.69, 9.17) is 11.6 Å². The fourth-order valence-corrected chi connectivity index (χ4v) is 0.788. The molecule has 0 N–H and O–H groups in total. The quantitative estimate of drug-likeness (QED) is 0.391. The van der Waals surface area contributed by atoms with Gasteiger partial charge in [-0.3, -0.25) is 0 Å². The van der Waals surface area contributed by atoms with Crippen molar-refractivity contribution in [1.82, 2.24) is 4.98 Å². The molecule has 66 valence electrons. The van der Waals surface area contributed by atoms with Gasteiger partial charge in [-0.25, -0.2) is 9.37 Å². The fourth-order valence-electron chi connectivity index (χ4n) is 0.684. The van der Waals surface area contributed by atoms with Gasteiger partial charge in [-0.2, -0.15) is 0 Å². The molecule has 0 spiro atoms. The van der Waals surface area contributed by atoms with Gasteiger partial charge in [0.25, 0.3) is 0 Å². The molecule has 0 aromatic carbocycles. The van der Waals surface area contributed by atoms with E-state index in [1.807, 2.05) is 0 Å². The Morgan fingerprint density at radius 1 is 1.69 bits per heavy atom. The minimum Gasteiger partial charge on any atom is -0.302 e. The summed E-state index contributed by atoms with van der Waals surface area (Å²) in [5.74, 6) is 4.49. The second kappa shape index (κ2) is 4.58. The molecule has 0 aliphatic rings. The third-order valence-corrected chi connectivity index (χ3v) is 1.49. The van der Waals surface area contributed by atoms with E-state index in [0.29, 0.717) is 11.8 Å². The van der Waals surface area contributed by atoms with Gasteiger partial charge in [-0.05, 0) is 6.07 Å². The summed E-state index contributed by atoms with van der Waals surface area (Å²) in [4.78, 5) is 13.5. The first-order chi connectivity index (χ1) is 6.24. The highest BCUT2D eigenvalue weighted by atomic mass is 35.5. The van der Waals surface area contributed by atoms with E-state index in [2.05, 4.69) is 16.8 Å². The van der Waals surface area contributed by atoms with E-state index >= 15 is 0 Å². The molecule has 13 heavy (non-hydrogen) atoms. The Labute approximate surface area is 79.7 Å². The standard InChI is InChI=1S/C9H5ClFNO/c10-9-8(11)5-7(6-12-9)3-1-2-4-13/h4-6H,2H2. The Balaban J connectivity index is 2.87.